The third-order valence-electron chi connectivity index (χ3n) is 4.75. The van der Waals surface area contributed by atoms with Gasteiger partial charge in [0.1, 0.15) is 0 Å². The maximum atomic E-state index is 12.9. The number of aliphatic hydroxyl groups is 1. The molecule has 1 aromatic carbocycles. The van der Waals surface area contributed by atoms with Gasteiger partial charge in [0.25, 0.3) is 5.91 Å². The molecule has 5 nitrogen and oxygen atoms in total. The van der Waals surface area contributed by atoms with E-state index in [9.17, 15) is 9.90 Å². The van der Waals surface area contributed by atoms with Crippen LogP contribution in [-0.4, -0.2) is 45.4 Å². The quantitative estimate of drug-likeness (QED) is 0.917. The summed E-state index contributed by atoms with van der Waals surface area (Å²) in [5.41, 5.74) is 2.86. The maximum absolute atomic E-state index is 12.9. The number of amides is 1. The van der Waals surface area contributed by atoms with Crippen LogP contribution in [0.1, 0.15) is 41.4 Å². The zero-order chi connectivity index (χ0) is 16.9. The molecule has 1 aromatic heterocycles. The van der Waals surface area contributed by atoms with Gasteiger partial charge in [-0.1, -0.05) is 37.3 Å². The van der Waals surface area contributed by atoms with Crippen molar-refractivity contribution >= 4 is 5.91 Å². The van der Waals surface area contributed by atoms with Crippen molar-refractivity contribution in [2.24, 2.45) is 5.92 Å². The van der Waals surface area contributed by atoms with E-state index in [1.165, 1.54) is 5.56 Å². The van der Waals surface area contributed by atoms with E-state index >= 15 is 0 Å². The minimum atomic E-state index is 0.0457. The Morgan fingerprint density at radius 1 is 1.33 bits per heavy atom. The third-order valence-corrected chi connectivity index (χ3v) is 4.75. The summed E-state index contributed by atoms with van der Waals surface area (Å²) in [5, 5.41) is 13.8. The van der Waals surface area contributed by atoms with E-state index in [2.05, 4.69) is 24.2 Å². The second-order valence-corrected chi connectivity index (χ2v) is 6.44. The monoisotopic (exact) mass is 327 g/mol. The molecule has 24 heavy (non-hydrogen) atoms. The number of hydrogen-bond donors (Lipinski definition) is 1. The molecule has 128 valence electrons. The van der Waals surface area contributed by atoms with Crippen molar-refractivity contribution < 1.29 is 9.90 Å². The van der Waals surface area contributed by atoms with Crippen LogP contribution in [0, 0.1) is 5.92 Å². The first-order chi connectivity index (χ1) is 11.7. The summed E-state index contributed by atoms with van der Waals surface area (Å²) in [4.78, 5) is 14.8. The van der Waals surface area contributed by atoms with Gasteiger partial charge in [-0.15, -0.1) is 0 Å². The van der Waals surface area contributed by atoms with Gasteiger partial charge in [0.2, 0.25) is 0 Å². The van der Waals surface area contributed by atoms with Gasteiger partial charge in [0, 0.05) is 19.7 Å². The molecule has 0 aliphatic carbocycles. The van der Waals surface area contributed by atoms with Crippen LogP contribution in [0.4, 0.5) is 0 Å². The van der Waals surface area contributed by atoms with Gasteiger partial charge in [-0.2, -0.15) is 5.10 Å². The Hall–Kier alpha value is -2.14. The van der Waals surface area contributed by atoms with Gasteiger partial charge < -0.3 is 10.0 Å². The van der Waals surface area contributed by atoms with Gasteiger partial charge in [0.05, 0.1) is 24.0 Å². The molecule has 0 bridgehead atoms. The molecule has 5 heteroatoms. The number of carbonyl (C=O) groups excluding carboxylic acids is 1. The Balaban J connectivity index is 1.79. The highest BCUT2D eigenvalue weighted by atomic mass is 16.3. The molecule has 1 N–H and O–H groups in total. The average Bonchev–Trinajstić information content (AvgIpc) is 3.04. The summed E-state index contributed by atoms with van der Waals surface area (Å²) < 4.78 is 1.93. The molecule has 1 amide bonds. The SMILES string of the molecule is CCc1c(C(=O)N2CCCC(CO)C2)cnn1Cc1ccccc1. The lowest BCUT2D eigenvalue weighted by atomic mass is 9.98. The van der Waals surface area contributed by atoms with Crippen molar-refractivity contribution in [1.82, 2.24) is 14.7 Å². The van der Waals surface area contributed by atoms with Crippen LogP contribution in [0.15, 0.2) is 36.5 Å². The molecule has 1 unspecified atom stereocenters. The standard InChI is InChI=1S/C19H25N3O2/c1-2-18-17(19(24)21-10-6-9-16(12-21)14-23)11-20-22(18)13-15-7-4-3-5-8-15/h3-5,7-8,11,16,23H,2,6,9-10,12-14H2,1H3. The topological polar surface area (TPSA) is 58.4 Å². The molecule has 1 aliphatic heterocycles. The number of nitrogens with zero attached hydrogens (tertiary/aromatic N) is 3. The number of piperidine rings is 1. The van der Waals surface area contributed by atoms with Crippen molar-refractivity contribution in [2.75, 3.05) is 19.7 Å². The number of aromatic nitrogens is 2. The van der Waals surface area contributed by atoms with Crippen LogP contribution in [0.3, 0.4) is 0 Å². The highest BCUT2D eigenvalue weighted by molar-refractivity contribution is 5.95. The molecule has 2 heterocycles. The van der Waals surface area contributed by atoms with Gasteiger partial charge in [-0.05, 0) is 30.7 Å². The molecule has 2 aromatic rings. The lowest BCUT2D eigenvalue weighted by Crippen LogP contribution is -2.41. The fourth-order valence-corrected chi connectivity index (χ4v) is 3.42. The van der Waals surface area contributed by atoms with Gasteiger partial charge >= 0.3 is 0 Å². The molecule has 0 saturated carbocycles. The van der Waals surface area contributed by atoms with E-state index < -0.39 is 0 Å². The predicted octanol–water partition coefficient (Wildman–Crippen LogP) is 2.34. The highest BCUT2D eigenvalue weighted by Crippen LogP contribution is 2.20. The smallest absolute Gasteiger partial charge is 0.257 e. The lowest BCUT2D eigenvalue weighted by molar-refractivity contribution is 0.0619. The minimum Gasteiger partial charge on any atom is -0.396 e. The molecular formula is C19H25N3O2. The normalized spacial score (nSPS) is 17.9. The summed E-state index contributed by atoms with van der Waals surface area (Å²) in [6.07, 6.45) is 4.42. The second kappa shape index (κ2) is 7.62. The molecule has 0 spiro atoms. The summed E-state index contributed by atoms with van der Waals surface area (Å²) in [6, 6.07) is 10.2. The van der Waals surface area contributed by atoms with Crippen LogP contribution in [0.5, 0.6) is 0 Å². The molecule has 1 aliphatic rings. The van der Waals surface area contributed by atoms with E-state index in [0.29, 0.717) is 18.7 Å². The lowest BCUT2D eigenvalue weighted by Gasteiger charge is -2.31. The fourth-order valence-electron chi connectivity index (χ4n) is 3.42. The summed E-state index contributed by atoms with van der Waals surface area (Å²) >= 11 is 0. The zero-order valence-electron chi connectivity index (χ0n) is 14.2. The Morgan fingerprint density at radius 3 is 2.83 bits per heavy atom. The van der Waals surface area contributed by atoms with E-state index in [4.69, 9.17) is 0 Å². The predicted molar refractivity (Wildman–Crippen MR) is 92.9 cm³/mol. The van der Waals surface area contributed by atoms with Crippen LogP contribution < -0.4 is 0 Å². The number of likely N-dealkylation sites (tertiary alicyclic amines) is 1. The molecule has 1 atom stereocenters. The Labute approximate surface area is 142 Å². The van der Waals surface area contributed by atoms with E-state index in [1.807, 2.05) is 27.8 Å². The molecule has 0 radical (unpaired) electrons. The zero-order valence-corrected chi connectivity index (χ0v) is 14.2. The maximum Gasteiger partial charge on any atom is 0.257 e. The first-order valence-electron chi connectivity index (χ1n) is 8.71. The summed E-state index contributed by atoms with van der Waals surface area (Å²) in [5.74, 6) is 0.247. The number of rotatable bonds is 5. The first kappa shape index (κ1) is 16.7. The molecular weight excluding hydrogens is 302 g/mol. The molecule has 1 saturated heterocycles. The number of carbonyl (C=O) groups is 1. The number of benzene rings is 1. The average molecular weight is 327 g/mol. The number of aliphatic hydroxyl groups excluding tert-OH is 1. The molecule has 1 fully saturated rings. The number of hydrogen-bond acceptors (Lipinski definition) is 3. The van der Waals surface area contributed by atoms with Crippen LogP contribution >= 0.6 is 0 Å². The van der Waals surface area contributed by atoms with Gasteiger partial charge in [-0.3, -0.25) is 9.48 Å². The Kier molecular flexibility index (Phi) is 5.30. The molecule has 3 rings (SSSR count). The van der Waals surface area contributed by atoms with Gasteiger partial charge in [-0.25, -0.2) is 0 Å². The summed E-state index contributed by atoms with van der Waals surface area (Å²) in [6.45, 7) is 4.29. The van der Waals surface area contributed by atoms with E-state index in [1.54, 1.807) is 6.20 Å². The minimum absolute atomic E-state index is 0.0457. The Morgan fingerprint density at radius 2 is 2.12 bits per heavy atom. The van der Waals surface area contributed by atoms with Crippen molar-refractivity contribution in [2.45, 2.75) is 32.7 Å². The van der Waals surface area contributed by atoms with Crippen LogP contribution in [-0.2, 0) is 13.0 Å². The third kappa shape index (κ3) is 3.51. The highest BCUT2D eigenvalue weighted by Gasteiger charge is 2.26. The van der Waals surface area contributed by atoms with E-state index in [-0.39, 0.29) is 18.4 Å². The van der Waals surface area contributed by atoms with Crippen molar-refractivity contribution in [3.05, 3.63) is 53.3 Å². The van der Waals surface area contributed by atoms with Crippen LogP contribution in [0.2, 0.25) is 0 Å². The largest absolute Gasteiger partial charge is 0.396 e. The van der Waals surface area contributed by atoms with Crippen molar-refractivity contribution in [3.63, 3.8) is 0 Å². The second-order valence-electron chi connectivity index (χ2n) is 6.44. The van der Waals surface area contributed by atoms with Gasteiger partial charge in [0.15, 0.2) is 0 Å². The fraction of sp³-hybridized carbons (Fsp3) is 0.474. The summed E-state index contributed by atoms with van der Waals surface area (Å²) in [7, 11) is 0. The van der Waals surface area contributed by atoms with Crippen LogP contribution in [0.25, 0.3) is 0 Å². The van der Waals surface area contributed by atoms with Crippen molar-refractivity contribution in [3.8, 4) is 0 Å². The van der Waals surface area contributed by atoms with E-state index in [0.717, 1.165) is 31.5 Å². The van der Waals surface area contributed by atoms with Crippen molar-refractivity contribution in [1.29, 1.82) is 0 Å². The Bertz CT molecular complexity index is 681. The first-order valence-corrected chi connectivity index (χ1v) is 8.71.